The summed E-state index contributed by atoms with van der Waals surface area (Å²) >= 11 is 0. The first-order valence-electron chi connectivity index (χ1n) is 24.5. The highest BCUT2D eigenvalue weighted by atomic mass is 16.5. The molecule has 12 atom stereocenters. The van der Waals surface area contributed by atoms with E-state index in [-0.39, 0.29) is 77.0 Å². The number of amides is 2. The van der Waals surface area contributed by atoms with E-state index in [1.54, 1.807) is 11.0 Å². The number of ether oxygens (including phenoxy) is 2. The summed E-state index contributed by atoms with van der Waals surface area (Å²) in [5.74, 6) is -0.274. The molecule has 4 fully saturated rings. The van der Waals surface area contributed by atoms with E-state index in [2.05, 4.69) is 41.5 Å². The number of carbonyl (C=O) groups is 3. The van der Waals surface area contributed by atoms with Gasteiger partial charge in [-0.25, -0.2) is 4.79 Å². The molecule has 2 spiro atoms. The average molecular weight is 899 g/mol. The predicted octanol–water partition coefficient (Wildman–Crippen LogP) is 7.12. The van der Waals surface area contributed by atoms with Gasteiger partial charge in [0.25, 0.3) is 11.8 Å². The summed E-state index contributed by atoms with van der Waals surface area (Å²) in [6, 6.07) is 1.91. The Balaban J connectivity index is 0.833. The third kappa shape index (κ3) is 5.82. The van der Waals surface area contributed by atoms with Gasteiger partial charge in [-0.3, -0.25) is 9.59 Å². The molecule has 10 rings (SSSR count). The van der Waals surface area contributed by atoms with Crippen LogP contribution in [-0.2, 0) is 30.7 Å². The third-order valence-electron chi connectivity index (χ3n) is 20.1. The lowest BCUT2D eigenvalue weighted by Crippen LogP contribution is -2.69. The molecule has 4 aliphatic carbocycles. The first kappa shape index (κ1) is 44.7. The molecule has 65 heavy (non-hydrogen) atoms. The SMILES string of the molecule is C[C@@H]1CC[C@@H]2C(C)(C)[C@H](O)CC[C@]2(C)[C@@]12Cc1c(O)cc3c(c1O2)CN([C@H](CCCCN1Cc2c(cc(O)c4c2O[C@]2(C4)[C@H](C)CC[C@@H]4C(C)(C)[C@H](O)[C@H](O)C[C@@]42C)C1=O)C(=O)O)C3=O. The van der Waals surface area contributed by atoms with Crippen molar-refractivity contribution < 1.29 is 54.5 Å². The summed E-state index contributed by atoms with van der Waals surface area (Å²) in [5, 5.41) is 67.0. The molecular formula is C52H70N2O11. The van der Waals surface area contributed by atoms with Crippen LogP contribution in [0.4, 0.5) is 0 Å². The third-order valence-corrected chi connectivity index (χ3v) is 20.1. The Morgan fingerprint density at radius 2 is 1.26 bits per heavy atom. The van der Waals surface area contributed by atoms with Gasteiger partial charge in [0.1, 0.15) is 40.2 Å². The van der Waals surface area contributed by atoms with Crippen LogP contribution < -0.4 is 9.47 Å². The molecule has 4 saturated carbocycles. The van der Waals surface area contributed by atoms with E-state index in [0.717, 1.165) is 37.7 Å². The molecule has 4 aliphatic heterocycles. The molecule has 13 nitrogen and oxygen atoms in total. The highest BCUT2D eigenvalue weighted by molar-refractivity contribution is 6.02. The minimum Gasteiger partial charge on any atom is -0.508 e. The predicted molar refractivity (Wildman–Crippen MR) is 240 cm³/mol. The summed E-state index contributed by atoms with van der Waals surface area (Å²) in [4.78, 5) is 44.1. The number of carbonyl (C=O) groups excluding carboxylic acids is 2. The van der Waals surface area contributed by atoms with Crippen molar-refractivity contribution in [1.29, 1.82) is 0 Å². The number of phenolic OH excluding ortho intramolecular Hbond substituents is 2. The molecule has 2 amide bonds. The maximum absolute atomic E-state index is 14.1. The van der Waals surface area contributed by atoms with Crippen LogP contribution >= 0.6 is 0 Å². The van der Waals surface area contributed by atoms with Crippen molar-refractivity contribution in [2.24, 2.45) is 45.3 Å². The van der Waals surface area contributed by atoms with Crippen LogP contribution in [0.25, 0.3) is 0 Å². The summed E-state index contributed by atoms with van der Waals surface area (Å²) in [5.41, 5.74) is 0.244. The zero-order valence-electron chi connectivity index (χ0n) is 39.5. The van der Waals surface area contributed by atoms with Crippen LogP contribution in [0.2, 0.25) is 0 Å². The van der Waals surface area contributed by atoms with Gasteiger partial charge in [-0.15, -0.1) is 0 Å². The highest BCUT2D eigenvalue weighted by Gasteiger charge is 2.70. The number of aliphatic carboxylic acids is 1. The molecule has 2 aromatic carbocycles. The van der Waals surface area contributed by atoms with Gasteiger partial charge in [-0.2, -0.15) is 0 Å². The van der Waals surface area contributed by atoms with Crippen LogP contribution in [-0.4, -0.2) is 100 Å². The van der Waals surface area contributed by atoms with Crippen molar-refractivity contribution in [2.45, 2.75) is 181 Å². The second kappa shape index (κ2) is 14.5. The first-order chi connectivity index (χ1) is 30.4. The van der Waals surface area contributed by atoms with E-state index in [1.165, 1.54) is 11.0 Å². The number of rotatable bonds is 7. The first-order valence-corrected chi connectivity index (χ1v) is 24.5. The fraction of sp³-hybridized carbons (Fsp3) is 0.712. The van der Waals surface area contributed by atoms with Crippen LogP contribution in [0.5, 0.6) is 23.0 Å². The lowest BCUT2D eigenvalue weighted by molar-refractivity contribution is -0.240. The topological polar surface area (TPSA) is 198 Å². The Hall–Kier alpha value is -4.07. The molecule has 6 N–H and O–H groups in total. The van der Waals surface area contributed by atoms with Crippen LogP contribution in [0, 0.1) is 45.3 Å². The second-order valence-electron chi connectivity index (χ2n) is 23.6. The van der Waals surface area contributed by atoms with Crippen molar-refractivity contribution in [1.82, 2.24) is 9.80 Å². The number of aromatic hydroxyl groups is 2. The normalized spacial score (nSPS) is 38.7. The highest BCUT2D eigenvalue weighted by Crippen LogP contribution is 2.69. The average Bonchev–Trinajstić information content (AvgIpc) is 4.01. The van der Waals surface area contributed by atoms with E-state index >= 15 is 0 Å². The van der Waals surface area contributed by atoms with Gasteiger partial charge in [0.05, 0.1) is 42.5 Å². The Morgan fingerprint density at radius 3 is 1.85 bits per heavy atom. The van der Waals surface area contributed by atoms with E-state index < -0.39 is 58.3 Å². The minimum atomic E-state index is -1.14. The molecule has 0 bridgehead atoms. The smallest absolute Gasteiger partial charge is 0.326 e. The Morgan fingerprint density at radius 1 is 0.723 bits per heavy atom. The lowest BCUT2D eigenvalue weighted by atomic mass is 9.43. The number of phenols is 2. The number of aliphatic hydroxyl groups excluding tert-OH is 3. The maximum atomic E-state index is 14.1. The molecule has 2 aromatic rings. The van der Waals surface area contributed by atoms with Crippen LogP contribution in [0.15, 0.2) is 12.1 Å². The number of unbranched alkanes of at least 4 members (excludes halogenated alkanes) is 1. The van der Waals surface area contributed by atoms with Crippen molar-refractivity contribution >= 4 is 17.8 Å². The van der Waals surface area contributed by atoms with Crippen molar-refractivity contribution in [2.75, 3.05) is 6.54 Å². The van der Waals surface area contributed by atoms with Gasteiger partial charge >= 0.3 is 5.97 Å². The molecule has 8 aliphatic rings. The van der Waals surface area contributed by atoms with E-state index in [9.17, 15) is 45.0 Å². The molecule has 13 heteroatoms. The van der Waals surface area contributed by atoms with Gasteiger partial charge in [0.15, 0.2) is 0 Å². The zero-order valence-corrected chi connectivity index (χ0v) is 39.5. The Kier molecular flexibility index (Phi) is 9.96. The van der Waals surface area contributed by atoms with E-state index in [1.807, 2.05) is 13.8 Å². The second-order valence-corrected chi connectivity index (χ2v) is 23.6. The Labute approximate surface area is 382 Å². The largest absolute Gasteiger partial charge is 0.508 e. The van der Waals surface area contributed by atoms with Gasteiger partial charge < -0.3 is 49.9 Å². The maximum Gasteiger partial charge on any atom is 0.326 e. The molecular weight excluding hydrogens is 829 g/mol. The van der Waals surface area contributed by atoms with E-state index in [0.29, 0.717) is 78.8 Å². The number of hydrogen-bond acceptors (Lipinski definition) is 10. The zero-order chi connectivity index (χ0) is 46.7. The summed E-state index contributed by atoms with van der Waals surface area (Å²) in [6.07, 6.45) is 5.21. The molecule has 354 valence electrons. The van der Waals surface area contributed by atoms with Gasteiger partial charge in [0.2, 0.25) is 0 Å². The van der Waals surface area contributed by atoms with Crippen molar-refractivity contribution in [3.8, 4) is 23.0 Å². The number of hydrogen-bond donors (Lipinski definition) is 6. The number of aliphatic hydroxyl groups is 3. The fourth-order valence-corrected chi connectivity index (χ4v) is 16.2. The molecule has 0 aromatic heterocycles. The quantitative estimate of drug-likeness (QED) is 0.155. The Bertz CT molecular complexity index is 2380. The lowest BCUT2D eigenvalue weighted by Gasteiger charge is -2.64. The number of nitrogens with zero attached hydrogens (tertiary/aromatic N) is 2. The van der Waals surface area contributed by atoms with E-state index in [4.69, 9.17) is 9.47 Å². The number of fused-ring (bicyclic) bond motifs is 10. The summed E-state index contributed by atoms with van der Waals surface area (Å²) in [6.45, 7) is 17.8. The van der Waals surface area contributed by atoms with Gasteiger partial charge in [0, 0.05) is 52.5 Å². The van der Waals surface area contributed by atoms with Crippen molar-refractivity contribution in [3.63, 3.8) is 0 Å². The standard InChI is InChI=1S/C52H70N2O11/c1-26-12-14-38-47(3,4)40(58)16-17-49(38,7)51(26)21-30-36(56)20-29-33(42(30)64-51)25-54(45(29)61)34(46(62)63)11-9-10-18-53-24-32-28(44(53)60)19-35(55)31-22-52(65-41(31)32)27(2)13-15-39-48(5,6)43(59)37(57)23-50(39,52)8/h19-20,26-27,34,37-40,43,55-59H,9-18,21-25H2,1-8H3,(H,62,63)/t26-,27-,34-,37-,38-,39-,40-,43-,49+,50+,51-,52-/m1/s1. The molecule has 0 unspecified atom stereocenters. The molecule has 0 radical (unpaired) electrons. The molecule has 0 saturated heterocycles. The van der Waals surface area contributed by atoms with Gasteiger partial charge in [-0.05, 0) is 111 Å². The monoisotopic (exact) mass is 898 g/mol. The van der Waals surface area contributed by atoms with Crippen molar-refractivity contribution in [3.05, 3.63) is 45.5 Å². The minimum absolute atomic E-state index is 0.00949. The fourth-order valence-electron chi connectivity index (χ4n) is 16.2. The number of carboxylic acids is 1. The summed E-state index contributed by atoms with van der Waals surface area (Å²) < 4.78 is 14.3. The summed E-state index contributed by atoms with van der Waals surface area (Å²) in [7, 11) is 0. The van der Waals surface area contributed by atoms with Crippen LogP contribution in [0.3, 0.4) is 0 Å². The van der Waals surface area contributed by atoms with Gasteiger partial charge in [-0.1, -0.05) is 55.4 Å². The number of carboxylic acid groups (broad SMARTS) is 1. The van der Waals surface area contributed by atoms with Crippen LogP contribution in [0.1, 0.15) is 163 Å². The number of benzene rings is 2. The molecule has 4 heterocycles.